The molecule has 220 valence electrons. The lowest BCUT2D eigenvalue weighted by Gasteiger charge is -2.37. The number of hydrogen-bond donors (Lipinski definition) is 1. The van der Waals surface area contributed by atoms with Crippen molar-refractivity contribution in [2.24, 2.45) is 11.3 Å². The van der Waals surface area contributed by atoms with Crippen molar-refractivity contribution >= 4 is 27.6 Å². The normalized spacial score (nSPS) is 16.3. The molecule has 0 bridgehead atoms. The number of esters is 1. The SMILES string of the molecule is COc1cc(S(=O)(=O)N2C[C@@H](CC(C)(C)C(=O)O)Cc3ccc(CC(=O)OC(C)(C)C(F)(F)F)cc32)ccc1F. The number of ether oxygens (including phenoxy) is 2. The van der Waals surface area contributed by atoms with Crippen molar-refractivity contribution in [2.45, 2.75) is 63.6 Å². The van der Waals surface area contributed by atoms with Crippen molar-refractivity contribution < 1.29 is 50.1 Å². The molecule has 1 aliphatic rings. The minimum absolute atomic E-state index is 0.124. The van der Waals surface area contributed by atoms with Crippen molar-refractivity contribution in [3.05, 3.63) is 53.3 Å². The van der Waals surface area contributed by atoms with Gasteiger partial charge < -0.3 is 14.6 Å². The molecule has 40 heavy (non-hydrogen) atoms. The van der Waals surface area contributed by atoms with Crippen molar-refractivity contribution in [1.82, 2.24) is 0 Å². The second-order valence-corrected chi connectivity index (χ2v) is 12.8. The average molecular weight is 590 g/mol. The number of aliphatic carboxylic acids is 1. The molecule has 0 aliphatic carbocycles. The molecule has 0 saturated heterocycles. The number of nitrogens with zero attached hydrogens (tertiary/aromatic N) is 1. The molecule has 2 aromatic rings. The number of carboxylic acids is 1. The van der Waals surface area contributed by atoms with Crippen LogP contribution in [-0.2, 0) is 37.2 Å². The van der Waals surface area contributed by atoms with E-state index in [4.69, 9.17) is 4.74 Å². The Morgan fingerprint density at radius 3 is 2.30 bits per heavy atom. The first-order valence-corrected chi connectivity index (χ1v) is 13.7. The monoisotopic (exact) mass is 589 g/mol. The van der Waals surface area contributed by atoms with E-state index in [1.807, 2.05) is 0 Å². The largest absolute Gasteiger partial charge is 0.494 e. The highest BCUT2D eigenvalue weighted by atomic mass is 32.2. The van der Waals surface area contributed by atoms with Crippen LogP contribution in [0.1, 0.15) is 45.2 Å². The molecule has 1 heterocycles. The van der Waals surface area contributed by atoms with Gasteiger partial charge in [-0.2, -0.15) is 13.2 Å². The molecule has 0 saturated carbocycles. The van der Waals surface area contributed by atoms with E-state index in [1.54, 1.807) is 6.07 Å². The molecule has 3 rings (SSSR count). The standard InChI is InChI=1S/C27H31F4NO7S/c1-25(2,24(34)35)14-17-10-18-7-6-16(12-23(33)39-26(3,4)27(29,30)31)11-21(18)32(15-17)40(36,37)19-8-9-20(28)22(13-19)38-5/h6-9,11,13,17H,10,12,14-15H2,1-5H3,(H,34,35)/t17-/m1/s1. The summed E-state index contributed by atoms with van der Waals surface area (Å²) < 4.78 is 91.8. The molecule has 0 unspecified atom stereocenters. The summed E-state index contributed by atoms with van der Waals surface area (Å²) in [6, 6.07) is 7.45. The number of benzene rings is 2. The average Bonchev–Trinajstić information content (AvgIpc) is 2.82. The predicted molar refractivity (Wildman–Crippen MR) is 137 cm³/mol. The van der Waals surface area contributed by atoms with Crippen LogP contribution in [0.15, 0.2) is 41.3 Å². The van der Waals surface area contributed by atoms with Gasteiger partial charge in [-0.1, -0.05) is 12.1 Å². The number of carboxylic acid groups (broad SMARTS) is 1. The molecule has 2 aromatic carbocycles. The summed E-state index contributed by atoms with van der Waals surface area (Å²) in [4.78, 5) is 23.8. The summed E-state index contributed by atoms with van der Waals surface area (Å²) in [5.74, 6) is -3.70. The molecule has 0 spiro atoms. The minimum atomic E-state index is -4.79. The molecule has 1 N–H and O–H groups in total. The zero-order valence-electron chi connectivity index (χ0n) is 22.6. The Morgan fingerprint density at radius 2 is 1.73 bits per heavy atom. The van der Waals surface area contributed by atoms with Crippen molar-refractivity contribution in [3.63, 3.8) is 0 Å². The Kier molecular flexibility index (Phi) is 8.50. The van der Waals surface area contributed by atoms with Crippen LogP contribution in [0.3, 0.4) is 0 Å². The van der Waals surface area contributed by atoms with Gasteiger partial charge in [-0.05, 0) is 75.8 Å². The third-order valence-corrected chi connectivity index (χ3v) is 8.62. The van der Waals surface area contributed by atoms with E-state index in [2.05, 4.69) is 4.74 Å². The first kappa shape index (κ1) is 31.2. The smallest absolute Gasteiger partial charge is 0.427 e. The van der Waals surface area contributed by atoms with Crippen molar-refractivity contribution in [3.8, 4) is 5.75 Å². The van der Waals surface area contributed by atoms with Crippen LogP contribution < -0.4 is 9.04 Å². The number of rotatable bonds is 9. The van der Waals surface area contributed by atoms with Crippen LogP contribution in [0.25, 0.3) is 0 Å². The van der Waals surface area contributed by atoms with Crippen LogP contribution >= 0.6 is 0 Å². The lowest BCUT2D eigenvalue weighted by Crippen LogP contribution is -2.43. The first-order valence-electron chi connectivity index (χ1n) is 12.3. The molecule has 0 aromatic heterocycles. The second kappa shape index (κ2) is 10.9. The van der Waals surface area contributed by atoms with Gasteiger partial charge in [-0.15, -0.1) is 0 Å². The zero-order chi connectivity index (χ0) is 30.3. The van der Waals surface area contributed by atoms with Gasteiger partial charge in [0.05, 0.1) is 29.5 Å². The van der Waals surface area contributed by atoms with Gasteiger partial charge in [0.2, 0.25) is 5.60 Å². The van der Waals surface area contributed by atoms with Crippen LogP contribution in [-0.4, -0.2) is 50.9 Å². The Labute approximate surface area is 229 Å². The predicted octanol–water partition coefficient (Wildman–Crippen LogP) is 5.13. The van der Waals surface area contributed by atoms with Gasteiger partial charge in [0, 0.05) is 12.6 Å². The molecule has 0 fully saturated rings. The highest BCUT2D eigenvalue weighted by molar-refractivity contribution is 7.92. The Bertz CT molecular complexity index is 1400. The molecule has 13 heteroatoms. The van der Waals surface area contributed by atoms with Gasteiger partial charge >= 0.3 is 18.1 Å². The summed E-state index contributed by atoms with van der Waals surface area (Å²) >= 11 is 0. The number of carbonyl (C=O) groups excluding carboxylic acids is 1. The molecule has 1 aliphatic heterocycles. The number of hydrogen-bond acceptors (Lipinski definition) is 6. The van der Waals surface area contributed by atoms with E-state index in [-0.39, 0.29) is 34.9 Å². The van der Waals surface area contributed by atoms with Gasteiger partial charge in [0.15, 0.2) is 11.6 Å². The van der Waals surface area contributed by atoms with Crippen LogP contribution in [0, 0.1) is 17.2 Å². The lowest BCUT2D eigenvalue weighted by molar-refractivity contribution is -0.257. The summed E-state index contributed by atoms with van der Waals surface area (Å²) in [6.45, 7) is 4.39. The van der Waals surface area contributed by atoms with Crippen molar-refractivity contribution in [1.29, 1.82) is 0 Å². The maximum atomic E-state index is 14.0. The summed E-state index contributed by atoms with van der Waals surface area (Å²) in [6.07, 6.45) is -4.89. The molecule has 8 nitrogen and oxygen atoms in total. The molecular weight excluding hydrogens is 558 g/mol. The maximum Gasteiger partial charge on any atom is 0.427 e. The molecule has 0 radical (unpaired) electrons. The maximum absolute atomic E-state index is 14.0. The molecule has 1 atom stereocenters. The van der Waals surface area contributed by atoms with Gasteiger partial charge in [0.1, 0.15) is 0 Å². The fourth-order valence-electron chi connectivity index (χ4n) is 4.48. The summed E-state index contributed by atoms with van der Waals surface area (Å²) in [7, 11) is -3.17. The topological polar surface area (TPSA) is 110 Å². The van der Waals surface area contributed by atoms with E-state index >= 15 is 0 Å². The number of anilines is 1. The second-order valence-electron chi connectivity index (χ2n) is 10.9. The van der Waals surface area contributed by atoms with Gasteiger partial charge in [0.25, 0.3) is 10.0 Å². The lowest BCUT2D eigenvalue weighted by atomic mass is 9.79. The third-order valence-electron chi connectivity index (χ3n) is 6.84. The minimum Gasteiger partial charge on any atom is -0.494 e. The number of sulfonamides is 1. The Balaban J connectivity index is 2.03. The van der Waals surface area contributed by atoms with E-state index < -0.39 is 57.3 Å². The number of halogens is 4. The number of alkyl halides is 3. The van der Waals surface area contributed by atoms with E-state index in [9.17, 15) is 40.7 Å². The quantitative estimate of drug-likeness (QED) is 0.319. The highest BCUT2D eigenvalue weighted by Gasteiger charge is 2.50. The van der Waals surface area contributed by atoms with Crippen LogP contribution in [0.4, 0.5) is 23.2 Å². The van der Waals surface area contributed by atoms with E-state index in [1.165, 1.54) is 33.1 Å². The fourth-order valence-corrected chi connectivity index (χ4v) is 6.07. The first-order chi connectivity index (χ1) is 18.3. The number of carbonyl (C=O) groups is 2. The third kappa shape index (κ3) is 6.51. The van der Waals surface area contributed by atoms with E-state index in [0.29, 0.717) is 12.0 Å². The molecule has 0 amide bonds. The summed E-state index contributed by atoms with van der Waals surface area (Å²) in [5.41, 5.74) is -2.97. The van der Waals surface area contributed by atoms with Gasteiger partial charge in [-0.3, -0.25) is 13.9 Å². The van der Waals surface area contributed by atoms with E-state index in [0.717, 1.165) is 36.4 Å². The zero-order valence-corrected chi connectivity index (χ0v) is 23.5. The van der Waals surface area contributed by atoms with Crippen molar-refractivity contribution in [2.75, 3.05) is 18.0 Å². The van der Waals surface area contributed by atoms with Gasteiger partial charge in [-0.25, -0.2) is 12.8 Å². The molecular formula is C27H31F4NO7S. The van der Waals surface area contributed by atoms with Crippen LogP contribution in [0.2, 0.25) is 0 Å². The highest BCUT2D eigenvalue weighted by Crippen LogP contribution is 2.40. The number of methoxy groups -OCH3 is 1. The Morgan fingerprint density at radius 1 is 1.07 bits per heavy atom. The van der Waals surface area contributed by atoms with Crippen LogP contribution in [0.5, 0.6) is 5.75 Å². The summed E-state index contributed by atoms with van der Waals surface area (Å²) in [5, 5.41) is 9.61. The fraction of sp³-hybridized carbons (Fsp3) is 0.481. The Hall–Kier alpha value is -3.35. The number of fused-ring (bicyclic) bond motifs is 1.